The molecule has 0 aliphatic rings. The van der Waals surface area contributed by atoms with Crippen molar-refractivity contribution in [3.63, 3.8) is 0 Å². The number of rotatable bonds is 2. The van der Waals surface area contributed by atoms with Crippen molar-refractivity contribution in [1.82, 2.24) is 4.90 Å². The summed E-state index contributed by atoms with van der Waals surface area (Å²) in [7, 11) is 9.57. The predicted molar refractivity (Wildman–Crippen MR) is 30.2 cm³/mol. The quantitative estimate of drug-likeness (QED) is 0.473. The van der Waals surface area contributed by atoms with Crippen LogP contribution >= 0.6 is 9.07 Å². The third-order valence-electron chi connectivity index (χ3n) is 0.532. The highest BCUT2D eigenvalue weighted by molar-refractivity contribution is 6.93. The van der Waals surface area contributed by atoms with Crippen LogP contribution in [0.3, 0.4) is 0 Å². The van der Waals surface area contributed by atoms with Gasteiger partial charge in [0.05, 0.1) is 0 Å². The molecule has 3 heteroatoms. The zero-order valence-electron chi connectivity index (χ0n) is 4.24. The van der Waals surface area contributed by atoms with Gasteiger partial charge in [0.25, 0.3) is 0 Å². The van der Waals surface area contributed by atoms with Gasteiger partial charge in [-0.15, -0.1) is 0 Å². The Labute approximate surface area is 52.2 Å². The van der Waals surface area contributed by atoms with Crippen LogP contribution in [0.4, 0.5) is 0 Å². The second-order valence-corrected chi connectivity index (χ2v) is 3.45. The van der Waals surface area contributed by atoms with E-state index < -0.39 is 0 Å². The van der Waals surface area contributed by atoms with E-state index in [9.17, 15) is 0 Å². The topological polar surface area (TPSA) is 3.24 Å². The first kappa shape index (κ1) is 7.02. The molecule has 0 unspecified atom stereocenters. The summed E-state index contributed by atoms with van der Waals surface area (Å²) in [6.07, 6.45) is 0. The summed E-state index contributed by atoms with van der Waals surface area (Å²) in [5, 5.41) is 0. The molecule has 0 aliphatic carbocycles. The monoisotopic (exact) mass is 117 g/mol. The molecule has 0 atom stereocenters. The molecule has 0 bridgehead atoms. The summed E-state index contributed by atoms with van der Waals surface area (Å²) in [5.74, 6) is 0. The van der Waals surface area contributed by atoms with Crippen LogP contribution in [0.2, 0.25) is 0 Å². The van der Waals surface area contributed by atoms with Gasteiger partial charge in [0.15, 0.2) is 0 Å². The molecule has 0 heterocycles. The maximum atomic E-state index is 5.49. The smallest absolute Gasteiger partial charge is 0.344 e. The van der Waals surface area contributed by atoms with Crippen molar-refractivity contribution in [2.24, 2.45) is 0 Å². The molecule has 0 aromatic rings. The molecule has 0 aliphatic heterocycles. The van der Waals surface area contributed by atoms with E-state index in [4.69, 9.17) is 9.07 Å². The van der Waals surface area contributed by atoms with Gasteiger partial charge in [0.2, 0.25) is 0 Å². The van der Waals surface area contributed by atoms with Crippen molar-refractivity contribution in [1.29, 1.82) is 0 Å². The van der Waals surface area contributed by atoms with Crippen LogP contribution in [0.25, 0.3) is 0 Å². The van der Waals surface area contributed by atoms with Gasteiger partial charge in [-0.05, 0) is 14.1 Å². The molecule has 0 radical (unpaired) electrons. The molecule has 0 fully saturated rings. The minimum Gasteiger partial charge on any atom is -0.344 e. The lowest BCUT2D eigenvalue weighted by molar-refractivity contribution is 0.479. The van der Waals surface area contributed by atoms with Crippen LogP contribution in [-0.4, -0.2) is 42.9 Å². The molecule has 0 amide bonds. The van der Waals surface area contributed by atoms with Crippen molar-refractivity contribution in [2.75, 3.05) is 18.8 Å². The van der Waals surface area contributed by atoms with Crippen LogP contribution in [0, 0.1) is 0 Å². The molecule has 0 aromatic carbocycles. The first-order chi connectivity index (χ1) is 2.77. The van der Waals surface area contributed by atoms with Gasteiger partial charge >= 0.3 is 19.3 Å². The molecule has 1 nitrogen and oxygen atoms in total. The van der Waals surface area contributed by atoms with E-state index >= 15 is 0 Å². The van der Waals surface area contributed by atoms with E-state index in [1.54, 1.807) is 0 Å². The van der Waals surface area contributed by atoms with Crippen molar-refractivity contribution in [2.45, 2.75) is 0 Å². The molecule has 0 saturated heterocycles. The first-order valence-electron chi connectivity index (χ1n) is 1.98. The van der Waals surface area contributed by atoms with Gasteiger partial charge in [-0.25, -0.2) is 0 Å². The molecule has 6 heavy (non-hydrogen) atoms. The fraction of sp³-hybridized carbons (Fsp3) is 1.00. The average Bonchev–Trinajstić information content (AvgIpc) is 1.35. The van der Waals surface area contributed by atoms with Gasteiger partial charge < -0.3 is 14.0 Å². The number of hydrogen-bond acceptors (Lipinski definition) is 1. The van der Waals surface area contributed by atoms with Crippen molar-refractivity contribution < 1.29 is 0 Å². The second-order valence-electron chi connectivity index (χ2n) is 1.49. The normalized spacial score (nSPS) is 8.67. The molecule has 0 spiro atoms. The zero-order chi connectivity index (χ0) is 4.99. The highest BCUT2D eigenvalue weighted by Crippen LogP contribution is 1.71. The van der Waals surface area contributed by atoms with E-state index in [0.717, 1.165) is 4.67 Å². The van der Waals surface area contributed by atoms with Gasteiger partial charge in [-0.1, -0.05) is 4.67 Å². The fourth-order valence-electron chi connectivity index (χ4n) is 0.169. The summed E-state index contributed by atoms with van der Waals surface area (Å²) < 4.78 is 1.11. The Morgan fingerprint density at radius 3 is 2.17 bits per heavy atom. The molecular formula is C3H8ClMgN. The minimum atomic E-state index is -0.235. The van der Waals surface area contributed by atoms with E-state index in [2.05, 4.69) is 4.90 Å². The SMILES string of the molecule is CN(C)[CH2][Mg][Cl]. The summed E-state index contributed by atoms with van der Waals surface area (Å²) >= 11 is -0.235. The Balaban J connectivity index is 2.63. The standard InChI is InChI=1S/C3H8N.ClH.Mg/c1-4(2)3;;/h1H2,2-3H3;1H;/q;;+1/p-1. The van der Waals surface area contributed by atoms with E-state index in [1.807, 2.05) is 14.1 Å². The maximum Gasteiger partial charge on any atom is 0.515 e. The largest absolute Gasteiger partial charge is 0.515 e. The van der Waals surface area contributed by atoms with Crippen molar-refractivity contribution in [3.05, 3.63) is 0 Å². The van der Waals surface area contributed by atoms with Crippen molar-refractivity contribution in [3.8, 4) is 0 Å². The van der Waals surface area contributed by atoms with Crippen LogP contribution < -0.4 is 0 Å². The molecule has 34 valence electrons. The summed E-state index contributed by atoms with van der Waals surface area (Å²) in [6.45, 7) is 0. The number of nitrogens with zero attached hydrogens (tertiary/aromatic N) is 1. The van der Waals surface area contributed by atoms with Gasteiger partial charge in [0, 0.05) is 0 Å². The lowest BCUT2D eigenvalue weighted by Gasteiger charge is -2.02. The molecule has 0 aromatic heterocycles. The third-order valence-corrected chi connectivity index (χ3v) is 2.10. The Hall–Kier alpha value is 1.02. The Kier molecular flexibility index (Phi) is 4.89. The molecule has 0 saturated carbocycles. The fourth-order valence-corrected chi connectivity index (χ4v) is 1.52. The summed E-state index contributed by atoms with van der Waals surface area (Å²) in [5.41, 5.74) is 0. The highest BCUT2D eigenvalue weighted by atomic mass is 35.5. The van der Waals surface area contributed by atoms with Gasteiger partial charge in [-0.3, -0.25) is 0 Å². The molecule has 0 N–H and O–H groups in total. The lowest BCUT2D eigenvalue weighted by atomic mass is 11.0. The number of hydrogen-bond donors (Lipinski definition) is 0. The zero-order valence-corrected chi connectivity index (χ0v) is 6.41. The highest BCUT2D eigenvalue weighted by Gasteiger charge is 1.88. The summed E-state index contributed by atoms with van der Waals surface area (Å²) in [4.78, 5) is 2.11. The Morgan fingerprint density at radius 1 is 1.67 bits per heavy atom. The van der Waals surface area contributed by atoms with E-state index in [1.165, 1.54) is 0 Å². The number of halogens is 1. The van der Waals surface area contributed by atoms with Crippen LogP contribution in [0.15, 0.2) is 0 Å². The van der Waals surface area contributed by atoms with Crippen LogP contribution in [-0.2, 0) is 0 Å². The van der Waals surface area contributed by atoms with Gasteiger partial charge in [-0.2, -0.15) is 0 Å². The molecule has 0 rings (SSSR count). The minimum absolute atomic E-state index is 0.235. The first-order valence-corrected chi connectivity index (χ1v) is 5.12. The van der Waals surface area contributed by atoms with Crippen LogP contribution in [0.5, 0.6) is 0 Å². The summed E-state index contributed by atoms with van der Waals surface area (Å²) in [6, 6.07) is 0. The van der Waals surface area contributed by atoms with Crippen LogP contribution in [0.1, 0.15) is 0 Å². The second kappa shape index (κ2) is 4.18. The maximum absolute atomic E-state index is 5.49. The third kappa shape index (κ3) is 5.02. The lowest BCUT2D eigenvalue weighted by Crippen LogP contribution is -2.15. The van der Waals surface area contributed by atoms with E-state index in [-0.39, 0.29) is 19.3 Å². The van der Waals surface area contributed by atoms with E-state index in [0.29, 0.717) is 0 Å². The molecular weight excluding hydrogens is 110 g/mol. The Morgan fingerprint density at radius 2 is 2.17 bits per heavy atom. The Bertz CT molecular complexity index is 32.0. The van der Waals surface area contributed by atoms with Gasteiger partial charge in [0.1, 0.15) is 0 Å². The predicted octanol–water partition coefficient (Wildman–Crippen LogP) is 0.363. The van der Waals surface area contributed by atoms with Crippen molar-refractivity contribution >= 4 is 28.3 Å². The average molecular weight is 118 g/mol.